The topological polar surface area (TPSA) is 115 Å². The highest BCUT2D eigenvalue weighted by Gasteiger charge is 2.30. The van der Waals surface area contributed by atoms with Gasteiger partial charge in [0.15, 0.2) is 5.65 Å². The van der Waals surface area contributed by atoms with E-state index >= 15 is 0 Å². The van der Waals surface area contributed by atoms with Crippen LogP contribution >= 0.6 is 0 Å². The summed E-state index contributed by atoms with van der Waals surface area (Å²) in [6, 6.07) is 14.8. The van der Waals surface area contributed by atoms with E-state index in [1.165, 1.54) is 0 Å². The molecule has 5 aromatic rings. The van der Waals surface area contributed by atoms with Gasteiger partial charge in [-0.25, -0.2) is 14.8 Å². The van der Waals surface area contributed by atoms with Gasteiger partial charge in [-0.1, -0.05) is 24.3 Å². The van der Waals surface area contributed by atoms with Gasteiger partial charge in [0, 0.05) is 7.05 Å². The average molecular weight is 437 g/mol. The van der Waals surface area contributed by atoms with Gasteiger partial charge in [-0.2, -0.15) is 10.2 Å². The summed E-state index contributed by atoms with van der Waals surface area (Å²) in [5.74, 6) is 0.364. The molecule has 0 spiro atoms. The molecule has 9 heteroatoms. The van der Waals surface area contributed by atoms with Gasteiger partial charge in [0.25, 0.3) is 0 Å². The van der Waals surface area contributed by atoms with Crippen molar-refractivity contribution in [2.24, 2.45) is 7.05 Å². The fraction of sp³-hybridized carbons (Fsp3) is 0.208. The lowest BCUT2D eigenvalue weighted by Gasteiger charge is -2.29. The number of aromatic nitrogens is 6. The summed E-state index contributed by atoms with van der Waals surface area (Å²) in [5.41, 5.74) is 4.67. The molecule has 1 aliphatic carbocycles. The summed E-state index contributed by atoms with van der Waals surface area (Å²) in [4.78, 5) is 27.0. The van der Waals surface area contributed by atoms with Crippen LogP contribution in [-0.4, -0.2) is 33.8 Å². The lowest BCUT2D eigenvalue weighted by atomic mass is 9.85. The molecule has 0 bridgehead atoms. The molecule has 3 aromatic heterocycles. The van der Waals surface area contributed by atoms with Crippen LogP contribution in [0.2, 0.25) is 0 Å². The highest BCUT2D eigenvalue weighted by atomic mass is 16.3. The van der Waals surface area contributed by atoms with Crippen LogP contribution in [0.5, 0.6) is 0 Å². The van der Waals surface area contributed by atoms with E-state index in [4.69, 9.17) is 4.98 Å². The summed E-state index contributed by atoms with van der Waals surface area (Å²) in [6.45, 7) is 0. The molecule has 2 atom stereocenters. The van der Waals surface area contributed by atoms with Crippen molar-refractivity contribution in [1.82, 2.24) is 28.7 Å². The second-order valence-corrected chi connectivity index (χ2v) is 8.26. The Kier molecular flexibility index (Phi) is 4.18. The maximum absolute atomic E-state index is 13.3. The SMILES string of the molecule is Cn1c(=O)n([C@@H]2CCC(O)c3ccccc32)c2nc(-n3cnc4ccc(C#N)cc43)ncc21. The summed E-state index contributed by atoms with van der Waals surface area (Å²) >= 11 is 0. The van der Waals surface area contributed by atoms with Crippen molar-refractivity contribution in [3.63, 3.8) is 0 Å². The van der Waals surface area contributed by atoms with E-state index in [1.54, 1.807) is 51.5 Å². The maximum atomic E-state index is 13.3. The average Bonchev–Trinajstić information content (AvgIpc) is 3.38. The molecule has 0 fully saturated rings. The lowest BCUT2D eigenvalue weighted by molar-refractivity contribution is 0.147. The summed E-state index contributed by atoms with van der Waals surface area (Å²) in [7, 11) is 1.71. The first-order valence-electron chi connectivity index (χ1n) is 10.6. The zero-order chi connectivity index (χ0) is 22.7. The number of aliphatic hydroxyl groups excluding tert-OH is 1. The van der Waals surface area contributed by atoms with E-state index in [0.29, 0.717) is 41.0 Å². The first-order chi connectivity index (χ1) is 16.1. The fourth-order valence-corrected chi connectivity index (χ4v) is 4.77. The van der Waals surface area contributed by atoms with Crippen LogP contribution in [-0.2, 0) is 7.05 Å². The largest absolute Gasteiger partial charge is 0.388 e. The molecule has 1 aliphatic rings. The van der Waals surface area contributed by atoms with Crippen LogP contribution in [0.15, 0.2) is 59.8 Å². The Hall–Kier alpha value is -4.29. The van der Waals surface area contributed by atoms with Crippen LogP contribution in [0, 0.1) is 11.3 Å². The van der Waals surface area contributed by atoms with Crippen LogP contribution in [0.25, 0.3) is 28.1 Å². The fourth-order valence-electron chi connectivity index (χ4n) is 4.77. The number of hydrogen-bond donors (Lipinski definition) is 1. The third-order valence-electron chi connectivity index (χ3n) is 6.45. The zero-order valence-electron chi connectivity index (χ0n) is 17.8. The van der Waals surface area contributed by atoms with E-state index < -0.39 is 6.10 Å². The first kappa shape index (κ1) is 19.4. The molecule has 1 N–H and O–H groups in total. The van der Waals surface area contributed by atoms with Gasteiger partial charge in [-0.05, 0) is 42.2 Å². The van der Waals surface area contributed by atoms with Gasteiger partial charge in [0.1, 0.15) is 11.8 Å². The number of aliphatic hydroxyl groups is 1. The Morgan fingerprint density at radius 3 is 2.73 bits per heavy atom. The summed E-state index contributed by atoms with van der Waals surface area (Å²) in [6.07, 6.45) is 3.89. The van der Waals surface area contributed by atoms with E-state index in [0.717, 1.165) is 16.6 Å². The predicted molar refractivity (Wildman–Crippen MR) is 121 cm³/mol. The predicted octanol–water partition coefficient (Wildman–Crippen LogP) is 2.76. The Labute approximate surface area is 187 Å². The lowest BCUT2D eigenvalue weighted by Crippen LogP contribution is -2.30. The van der Waals surface area contributed by atoms with Crippen LogP contribution in [0.3, 0.4) is 0 Å². The van der Waals surface area contributed by atoms with Gasteiger partial charge < -0.3 is 5.11 Å². The van der Waals surface area contributed by atoms with E-state index in [1.807, 2.05) is 24.3 Å². The van der Waals surface area contributed by atoms with Gasteiger partial charge in [0.2, 0.25) is 5.95 Å². The van der Waals surface area contributed by atoms with Crippen molar-refractivity contribution in [1.29, 1.82) is 5.26 Å². The summed E-state index contributed by atoms with van der Waals surface area (Å²) in [5, 5.41) is 19.8. The molecule has 0 saturated carbocycles. The Bertz CT molecular complexity index is 1650. The van der Waals surface area contributed by atoms with Crippen molar-refractivity contribution >= 4 is 22.2 Å². The van der Waals surface area contributed by atoms with Crippen molar-refractivity contribution in [3.05, 3.63) is 82.2 Å². The number of nitriles is 1. The minimum Gasteiger partial charge on any atom is -0.388 e. The number of fused-ring (bicyclic) bond motifs is 3. The Balaban J connectivity index is 1.58. The van der Waals surface area contributed by atoms with Crippen molar-refractivity contribution in [3.8, 4) is 12.0 Å². The van der Waals surface area contributed by atoms with Gasteiger partial charge in [-0.3, -0.25) is 13.7 Å². The standard InChI is InChI=1S/C24H19N7O2/c1-29-20-12-26-23(30-13-27-17-7-6-14(11-25)10-19(17)30)28-22(20)31(24(29)33)18-8-9-21(32)16-5-3-2-4-15(16)18/h2-7,10,12-13,18,21,32H,8-9H2,1H3/t18-,21?/m1/s1. The van der Waals surface area contributed by atoms with Crippen molar-refractivity contribution in [2.45, 2.75) is 25.0 Å². The number of hydrogen-bond acceptors (Lipinski definition) is 6. The van der Waals surface area contributed by atoms with Crippen LogP contribution < -0.4 is 5.69 Å². The number of nitrogens with zero attached hydrogens (tertiary/aromatic N) is 7. The minimum absolute atomic E-state index is 0.185. The molecular weight excluding hydrogens is 418 g/mol. The normalized spacial score (nSPS) is 17.8. The van der Waals surface area contributed by atoms with Crippen LogP contribution in [0.4, 0.5) is 0 Å². The van der Waals surface area contributed by atoms with E-state index in [-0.39, 0.29) is 11.7 Å². The number of imidazole rings is 2. The van der Waals surface area contributed by atoms with Gasteiger partial charge in [-0.15, -0.1) is 0 Å². The molecule has 1 unspecified atom stereocenters. The summed E-state index contributed by atoms with van der Waals surface area (Å²) < 4.78 is 4.97. The molecule has 0 aliphatic heterocycles. The quantitative estimate of drug-likeness (QED) is 0.454. The molecule has 0 radical (unpaired) electrons. The number of aryl methyl sites for hydroxylation is 1. The molecule has 3 heterocycles. The molecule has 162 valence electrons. The molecule has 33 heavy (non-hydrogen) atoms. The smallest absolute Gasteiger partial charge is 0.330 e. The zero-order valence-corrected chi connectivity index (χ0v) is 17.8. The molecule has 0 saturated heterocycles. The Morgan fingerprint density at radius 1 is 1.09 bits per heavy atom. The van der Waals surface area contributed by atoms with Crippen LogP contribution in [0.1, 0.15) is 41.7 Å². The monoisotopic (exact) mass is 437 g/mol. The Morgan fingerprint density at radius 2 is 1.91 bits per heavy atom. The number of benzene rings is 2. The second-order valence-electron chi connectivity index (χ2n) is 8.26. The van der Waals surface area contributed by atoms with Crippen molar-refractivity contribution < 1.29 is 5.11 Å². The minimum atomic E-state index is -0.542. The van der Waals surface area contributed by atoms with E-state index in [2.05, 4.69) is 16.0 Å². The molecule has 2 aromatic carbocycles. The second kappa shape index (κ2) is 7.12. The maximum Gasteiger partial charge on any atom is 0.330 e. The molecule has 0 amide bonds. The van der Waals surface area contributed by atoms with E-state index in [9.17, 15) is 15.2 Å². The highest BCUT2D eigenvalue weighted by Crippen LogP contribution is 2.38. The molecular formula is C24H19N7O2. The first-order valence-corrected chi connectivity index (χ1v) is 10.6. The number of rotatable bonds is 2. The van der Waals surface area contributed by atoms with Gasteiger partial charge in [0.05, 0.1) is 41.0 Å². The highest BCUT2D eigenvalue weighted by molar-refractivity contribution is 5.79. The third kappa shape index (κ3) is 2.81. The molecule has 9 nitrogen and oxygen atoms in total. The van der Waals surface area contributed by atoms with Crippen molar-refractivity contribution in [2.75, 3.05) is 0 Å². The molecule has 6 rings (SSSR count). The van der Waals surface area contributed by atoms with Gasteiger partial charge >= 0.3 is 5.69 Å². The third-order valence-corrected chi connectivity index (χ3v) is 6.45.